The van der Waals surface area contributed by atoms with E-state index in [-0.39, 0.29) is 24.7 Å². The van der Waals surface area contributed by atoms with E-state index in [1.807, 2.05) is 0 Å². The molecule has 1 aliphatic heterocycles. The molecular formula is C22H20N4O7. The van der Waals surface area contributed by atoms with Gasteiger partial charge in [-0.3, -0.25) is 19.0 Å². The number of fused-ring (bicyclic) bond motifs is 2. The van der Waals surface area contributed by atoms with Crippen LogP contribution >= 0.6 is 0 Å². The number of carbonyl (C=O) groups is 3. The molecule has 33 heavy (non-hydrogen) atoms. The molecule has 2 amide bonds. The van der Waals surface area contributed by atoms with E-state index >= 15 is 0 Å². The summed E-state index contributed by atoms with van der Waals surface area (Å²) in [5.41, 5.74) is 0.541. The van der Waals surface area contributed by atoms with Crippen LogP contribution in [0, 0.1) is 0 Å². The van der Waals surface area contributed by atoms with Crippen molar-refractivity contribution < 1.29 is 33.7 Å². The number of para-hydroxylation sites is 3. The molecule has 0 bridgehead atoms. The first-order valence-corrected chi connectivity index (χ1v) is 9.95. The van der Waals surface area contributed by atoms with Crippen LogP contribution in [0.15, 0.2) is 58.8 Å². The minimum absolute atomic E-state index is 0.00608. The summed E-state index contributed by atoms with van der Waals surface area (Å²) in [6.45, 7) is -0.660. The summed E-state index contributed by atoms with van der Waals surface area (Å²) in [5.74, 6) is -1.21. The third-order valence-corrected chi connectivity index (χ3v) is 4.91. The van der Waals surface area contributed by atoms with E-state index in [0.29, 0.717) is 22.4 Å². The number of methoxy groups -OCH3 is 1. The normalized spacial score (nSPS) is 14.9. The fourth-order valence-electron chi connectivity index (χ4n) is 3.29. The first-order chi connectivity index (χ1) is 16.0. The number of amides is 2. The first-order valence-electron chi connectivity index (χ1n) is 9.95. The van der Waals surface area contributed by atoms with Gasteiger partial charge in [0, 0.05) is 5.39 Å². The Morgan fingerprint density at radius 2 is 1.88 bits per heavy atom. The highest BCUT2D eigenvalue weighted by atomic mass is 16.6. The van der Waals surface area contributed by atoms with E-state index in [2.05, 4.69) is 20.3 Å². The van der Waals surface area contributed by atoms with Crippen molar-refractivity contribution in [3.05, 3.63) is 48.5 Å². The maximum Gasteiger partial charge on any atom is 0.325 e. The average Bonchev–Trinajstić information content (AvgIpc) is 3.11. The summed E-state index contributed by atoms with van der Waals surface area (Å²) < 4.78 is 17.0. The van der Waals surface area contributed by atoms with E-state index in [1.165, 1.54) is 11.7 Å². The van der Waals surface area contributed by atoms with Gasteiger partial charge in [-0.25, -0.2) is 0 Å². The van der Waals surface area contributed by atoms with E-state index in [0.717, 1.165) is 0 Å². The van der Waals surface area contributed by atoms with Gasteiger partial charge in [0.05, 0.1) is 12.6 Å². The van der Waals surface area contributed by atoms with Crippen molar-refractivity contribution in [1.29, 1.82) is 0 Å². The minimum atomic E-state index is -0.912. The van der Waals surface area contributed by atoms with Crippen LogP contribution in [0.25, 0.3) is 10.9 Å². The van der Waals surface area contributed by atoms with Crippen molar-refractivity contribution in [2.24, 2.45) is 10.2 Å². The molecule has 2 aromatic carbocycles. The molecule has 3 aromatic rings. The molecule has 170 valence electrons. The Labute approximate surface area is 187 Å². The topological polar surface area (TPSA) is 141 Å². The molecule has 4 rings (SSSR count). The zero-order chi connectivity index (χ0) is 23.4. The van der Waals surface area contributed by atoms with Crippen molar-refractivity contribution >= 4 is 34.4 Å². The highest BCUT2D eigenvalue weighted by Gasteiger charge is 2.27. The van der Waals surface area contributed by atoms with Gasteiger partial charge in [0.1, 0.15) is 19.7 Å². The van der Waals surface area contributed by atoms with Crippen LogP contribution in [0.4, 0.5) is 5.69 Å². The van der Waals surface area contributed by atoms with Crippen LogP contribution in [0.2, 0.25) is 0 Å². The lowest BCUT2D eigenvalue weighted by molar-refractivity contribution is -0.141. The number of azo groups is 1. The molecule has 1 atom stereocenters. The maximum atomic E-state index is 12.3. The summed E-state index contributed by atoms with van der Waals surface area (Å²) in [7, 11) is 1.24. The van der Waals surface area contributed by atoms with Crippen LogP contribution in [-0.2, 0) is 25.7 Å². The number of carbonyl (C=O) groups excluding carboxylic acids is 3. The van der Waals surface area contributed by atoms with Gasteiger partial charge >= 0.3 is 5.97 Å². The minimum Gasteiger partial charge on any atom is -0.493 e. The number of aromatic nitrogens is 1. The van der Waals surface area contributed by atoms with Gasteiger partial charge in [-0.15, -0.1) is 10.2 Å². The number of esters is 1. The van der Waals surface area contributed by atoms with Crippen LogP contribution in [0.5, 0.6) is 17.4 Å². The summed E-state index contributed by atoms with van der Waals surface area (Å²) in [6.07, 6.45) is -0.912. The number of rotatable bonds is 6. The quantitative estimate of drug-likeness (QED) is 0.431. The van der Waals surface area contributed by atoms with Gasteiger partial charge < -0.3 is 24.6 Å². The molecule has 2 N–H and O–H groups in total. The van der Waals surface area contributed by atoms with Gasteiger partial charge in [-0.05, 0) is 18.2 Å². The van der Waals surface area contributed by atoms with E-state index in [9.17, 15) is 19.5 Å². The molecular weight excluding hydrogens is 432 g/mol. The summed E-state index contributed by atoms with van der Waals surface area (Å²) in [5, 5.41) is 20.9. The van der Waals surface area contributed by atoms with Crippen LogP contribution in [-0.4, -0.2) is 53.8 Å². The number of aromatic hydroxyl groups is 1. The predicted octanol–water partition coefficient (Wildman–Crippen LogP) is 2.09. The zero-order valence-electron chi connectivity index (χ0n) is 17.6. The Bertz CT molecular complexity index is 1250. The molecule has 0 aliphatic carbocycles. The molecule has 0 spiro atoms. The number of ether oxygens (including phenoxy) is 3. The number of benzene rings is 2. The molecule has 1 aliphatic rings. The summed E-state index contributed by atoms with van der Waals surface area (Å²) >= 11 is 0. The number of nitrogens with zero attached hydrogens (tertiary/aromatic N) is 3. The Hall–Kier alpha value is -4.41. The van der Waals surface area contributed by atoms with Crippen molar-refractivity contribution in [2.45, 2.75) is 12.6 Å². The highest BCUT2D eigenvalue weighted by Crippen LogP contribution is 2.38. The third kappa shape index (κ3) is 4.61. The molecule has 0 fully saturated rings. The van der Waals surface area contributed by atoms with Crippen LogP contribution < -0.4 is 14.8 Å². The fraction of sp³-hybridized carbons (Fsp3) is 0.227. The predicted molar refractivity (Wildman–Crippen MR) is 115 cm³/mol. The molecule has 11 heteroatoms. The molecule has 1 unspecified atom stereocenters. The largest absolute Gasteiger partial charge is 0.493 e. The van der Waals surface area contributed by atoms with E-state index in [4.69, 9.17) is 9.47 Å². The lowest BCUT2D eigenvalue weighted by atomic mass is 10.2. The molecule has 0 saturated carbocycles. The smallest absolute Gasteiger partial charge is 0.325 e. The Balaban J connectivity index is 1.41. The highest BCUT2D eigenvalue weighted by molar-refractivity contribution is 5.96. The third-order valence-electron chi connectivity index (χ3n) is 4.91. The number of nitrogens with one attached hydrogen (secondary N) is 1. The van der Waals surface area contributed by atoms with Crippen molar-refractivity contribution in [1.82, 2.24) is 9.88 Å². The second kappa shape index (κ2) is 9.39. The first kappa shape index (κ1) is 21.8. The molecule has 0 saturated heterocycles. The monoisotopic (exact) mass is 452 g/mol. The van der Waals surface area contributed by atoms with E-state index in [1.54, 1.807) is 48.5 Å². The number of hydrogen-bond donors (Lipinski definition) is 2. The fourth-order valence-corrected chi connectivity index (χ4v) is 3.29. The summed E-state index contributed by atoms with van der Waals surface area (Å²) in [4.78, 5) is 36.2. The lowest BCUT2D eigenvalue weighted by Crippen LogP contribution is -2.45. The van der Waals surface area contributed by atoms with Crippen molar-refractivity contribution in [2.75, 3.05) is 20.3 Å². The molecule has 1 aromatic heterocycles. The van der Waals surface area contributed by atoms with Crippen molar-refractivity contribution in [3.63, 3.8) is 0 Å². The second-order valence-electron chi connectivity index (χ2n) is 7.03. The molecule has 0 radical (unpaired) electrons. The average molecular weight is 452 g/mol. The maximum absolute atomic E-state index is 12.3. The Morgan fingerprint density at radius 3 is 2.67 bits per heavy atom. The molecule has 2 heterocycles. The Morgan fingerprint density at radius 1 is 1.15 bits per heavy atom. The van der Waals surface area contributed by atoms with Crippen LogP contribution in [0.1, 0.15) is 0 Å². The van der Waals surface area contributed by atoms with Crippen molar-refractivity contribution in [3.8, 4) is 17.4 Å². The van der Waals surface area contributed by atoms with Gasteiger partial charge in [0.15, 0.2) is 17.2 Å². The van der Waals surface area contributed by atoms with Gasteiger partial charge in [-0.2, -0.15) is 0 Å². The van der Waals surface area contributed by atoms with Crippen LogP contribution in [0.3, 0.4) is 0 Å². The van der Waals surface area contributed by atoms with E-state index < -0.39 is 30.4 Å². The second-order valence-corrected chi connectivity index (χ2v) is 7.03. The SMILES string of the molecule is COC(=O)Cn1c(O)c(N=NC(=O)CNC(=O)C2COc3ccccc3O2)c2ccccc21. The van der Waals surface area contributed by atoms with Gasteiger partial charge in [0.2, 0.25) is 12.0 Å². The zero-order valence-corrected chi connectivity index (χ0v) is 17.6. The summed E-state index contributed by atoms with van der Waals surface area (Å²) in [6, 6.07) is 13.7. The lowest BCUT2D eigenvalue weighted by Gasteiger charge is -2.25. The van der Waals surface area contributed by atoms with Gasteiger partial charge in [-0.1, -0.05) is 30.3 Å². The Kier molecular flexibility index (Phi) is 6.20. The number of hydrogen-bond acceptors (Lipinski definition) is 8. The molecule has 11 nitrogen and oxygen atoms in total. The standard InChI is InChI=1S/C22H20N4O7/c1-31-19(28)11-26-14-7-3-2-6-13(14)20(22(26)30)25-24-18(27)10-23-21(29)17-12-32-15-8-4-5-9-16(15)33-17/h2-9,17,30H,10-12H2,1H3,(H,23,29). The van der Waals surface area contributed by atoms with Gasteiger partial charge in [0.25, 0.3) is 11.8 Å².